The van der Waals surface area contributed by atoms with Crippen molar-refractivity contribution in [2.75, 3.05) is 0 Å². The number of nitrogens with zero attached hydrogens (tertiary/aromatic N) is 2. The highest BCUT2D eigenvalue weighted by atomic mass is 79.9. The summed E-state index contributed by atoms with van der Waals surface area (Å²) in [5.41, 5.74) is 0. The van der Waals surface area contributed by atoms with Gasteiger partial charge in [-0.1, -0.05) is 6.92 Å². The van der Waals surface area contributed by atoms with E-state index in [0.29, 0.717) is 9.30 Å². The third-order valence-corrected chi connectivity index (χ3v) is 4.12. The smallest absolute Gasteiger partial charge is 0.347 e. The molecule has 0 amide bonds. The predicted octanol–water partition coefficient (Wildman–Crippen LogP) is 2.71. The van der Waals surface area contributed by atoms with E-state index in [9.17, 15) is 4.79 Å². The molecule has 78 valence electrons. The number of carboxylic acid groups (broad SMARTS) is 1. The van der Waals surface area contributed by atoms with Crippen molar-refractivity contribution in [3.8, 4) is 0 Å². The lowest BCUT2D eigenvalue weighted by Gasteiger charge is -1.93. The van der Waals surface area contributed by atoms with Crippen LogP contribution in [0.1, 0.15) is 22.4 Å². The van der Waals surface area contributed by atoms with Gasteiger partial charge in [0.05, 0.1) is 4.47 Å². The molecule has 0 aliphatic carbocycles. The SMILES string of the molecule is CCc1ncc2c(Br)c(C(=O)O)sc2n1. The topological polar surface area (TPSA) is 63.1 Å². The molecule has 0 saturated heterocycles. The van der Waals surface area contributed by atoms with E-state index in [2.05, 4.69) is 25.9 Å². The molecule has 0 bridgehead atoms. The van der Waals surface area contributed by atoms with Crippen LogP contribution < -0.4 is 0 Å². The summed E-state index contributed by atoms with van der Waals surface area (Å²) in [5.74, 6) is -0.212. The lowest BCUT2D eigenvalue weighted by Crippen LogP contribution is -1.91. The maximum atomic E-state index is 10.9. The van der Waals surface area contributed by atoms with E-state index in [0.717, 1.165) is 29.0 Å². The molecule has 0 aromatic carbocycles. The number of thiophene rings is 1. The number of hydrogen-bond donors (Lipinski definition) is 1. The van der Waals surface area contributed by atoms with Crippen LogP contribution in [0.3, 0.4) is 0 Å². The number of aromatic carboxylic acids is 1. The summed E-state index contributed by atoms with van der Waals surface area (Å²) in [6.07, 6.45) is 2.40. The molecule has 1 N–H and O–H groups in total. The van der Waals surface area contributed by atoms with E-state index in [1.54, 1.807) is 6.20 Å². The second-order valence-corrected chi connectivity index (χ2v) is 4.70. The van der Waals surface area contributed by atoms with Gasteiger partial charge in [0.2, 0.25) is 0 Å². The number of hydrogen-bond acceptors (Lipinski definition) is 4. The minimum atomic E-state index is -0.942. The molecule has 0 fully saturated rings. The molecule has 0 aliphatic rings. The molecule has 0 spiro atoms. The van der Waals surface area contributed by atoms with Gasteiger partial charge in [0.15, 0.2) is 0 Å². The lowest BCUT2D eigenvalue weighted by molar-refractivity contribution is 0.0701. The van der Waals surface area contributed by atoms with Crippen LogP contribution in [0.25, 0.3) is 10.2 Å². The van der Waals surface area contributed by atoms with E-state index in [1.807, 2.05) is 6.92 Å². The fourth-order valence-electron chi connectivity index (χ4n) is 1.20. The maximum Gasteiger partial charge on any atom is 0.347 e. The summed E-state index contributed by atoms with van der Waals surface area (Å²) in [5, 5.41) is 9.68. The second kappa shape index (κ2) is 3.86. The first-order chi connectivity index (χ1) is 7.13. The molecule has 2 aromatic rings. The zero-order valence-electron chi connectivity index (χ0n) is 7.82. The van der Waals surface area contributed by atoms with Crippen molar-refractivity contribution in [2.24, 2.45) is 0 Å². The van der Waals surface area contributed by atoms with Crippen molar-refractivity contribution in [3.63, 3.8) is 0 Å². The Bertz CT molecular complexity index is 538. The largest absolute Gasteiger partial charge is 0.477 e. The first-order valence-electron chi connectivity index (χ1n) is 4.30. The molecule has 4 nitrogen and oxygen atoms in total. The molecule has 2 aromatic heterocycles. The summed E-state index contributed by atoms with van der Waals surface area (Å²) in [6, 6.07) is 0. The van der Waals surface area contributed by atoms with Crippen LogP contribution in [0.5, 0.6) is 0 Å². The summed E-state index contributed by atoms with van der Waals surface area (Å²) < 4.78 is 0.567. The fraction of sp³-hybridized carbons (Fsp3) is 0.222. The summed E-state index contributed by atoms with van der Waals surface area (Å²) >= 11 is 4.41. The molecule has 15 heavy (non-hydrogen) atoms. The minimum absolute atomic E-state index is 0.271. The Balaban J connectivity index is 2.70. The zero-order valence-corrected chi connectivity index (χ0v) is 10.2. The van der Waals surface area contributed by atoms with Gasteiger partial charge in [-0.25, -0.2) is 14.8 Å². The van der Waals surface area contributed by atoms with Crippen molar-refractivity contribution in [2.45, 2.75) is 13.3 Å². The number of halogens is 1. The number of carboxylic acids is 1. The average Bonchev–Trinajstić information content (AvgIpc) is 2.55. The molecule has 2 heterocycles. The molecular formula is C9H7BrN2O2S. The van der Waals surface area contributed by atoms with Crippen LogP contribution in [0.2, 0.25) is 0 Å². The summed E-state index contributed by atoms with van der Waals surface area (Å²) in [4.78, 5) is 20.3. The normalized spacial score (nSPS) is 10.8. The van der Waals surface area contributed by atoms with Crippen LogP contribution in [0, 0.1) is 0 Å². The number of aromatic nitrogens is 2. The minimum Gasteiger partial charge on any atom is -0.477 e. The van der Waals surface area contributed by atoms with Gasteiger partial charge in [-0.05, 0) is 15.9 Å². The average molecular weight is 287 g/mol. The van der Waals surface area contributed by atoms with Crippen molar-refractivity contribution in [3.05, 3.63) is 21.4 Å². The molecule has 0 atom stereocenters. The van der Waals surface area contributed by atoms with Gasteiger partial charge in [-0.15, -0.1) is 11.3 Å². The Morgan fingerprint density at radius 3 is 3.00 bits per heavy atom. The van der Waals surface area contributed by atoms with Gasteiger partial charge < -0.3 is 5.11 Å². The van der Waals surface area contributed by atoms with Gasteiger partial charge in [0.1, 0.15) is 15.5 Å². The Morgan fingerprint density at radius 1 is 1.67 bits per heavy atom. The summed E-state index contributed by atoms with van der Waals surface area (Å²) in [7, 11) is 0. The first-order valence-corrected chi connectivity index (χ1v) is 5.91. The van der Waals surface area contributed by atoms with Gasteiger partial charge in [0.25, 0.3) is 0 Å². The molecule has 2 rings (SSSR count). The zero-order chi connectivity index (χ0) is 11.0. The molecular weight excluding hydrogens is 280 g/mol. The fourth-order valence-corrected chi connectivity index (χ4v) is 2.93. The van der Waals surface area contributed by atoms with Gasteiger partial charge in [-0.3, -0.25) is 0 Å². The quantitative estimate of drug-likeness (QED) is 0.922. The van der Waals surface area contributed by atoms with Crippen molar-refractivity contribution < 1.29 is 9.90 Å². The molecule has 0 radical (unpaired) electrons. The first kappa shape index (κ1) is 10.5. The van der Waals surface area contributed by atoms with E-state index in [1.165, 1.54) is 0 Å². The van der Waals surface area contributed by atoms with Crippen LogP contribution in [-0.2, 0) is 6.42 Å². The number of fused-ring (bicyclic) bond motifs is 1. The molecule has 0 aliphatic heterocycles. The lowest BCUT2D eigenvalue weighted by atomic mass is 10.3. The third-order valence-electron chi connectivity index (χ3n) is 1.95. The van der Waals surface area contributed by atoms with Crippen LogP contribution in [-0.4, -0.2) is 21.0 Å². The Labute approximate surface area is 98.1 Å². The number of carbonyl (C=O) groups is 1. The second-order valence-electron chi connectivity index (χ2n) is 2.91. The highest BCUT2D eigenvalue weighted by molar-refractivity contribution is 9.10. The van der Waals surface area contributed by atoms with Gasteiger partial charge in [-0.2, -0.15) is 0 Å². The van der Waals surface area contributed by atoms with Crippen molar-refractivity contribution in [1.29, 1.82) is 0 Å². The van der Waals surface area contributed by atoms with Crippen LogP contribution in [0.15, 0.2) is 10.7 Å². The van der Waals surface area contributed by atoms with Crippen molar-refractivity contribution >= 4 is 43.5 Å². The number of aryl methyl sites for hydroxylation is 1. The Kier molecular flexibility index (Phi) is 2.70. The Hall–Kier alpha value is -1.01. The number of rotatable bonds is 2. The van der Waals surface area contributed by atoms with E-state index >= 15 is 0 Å². The van der Waals surface area contributed by atoms with E-state index < -0.39 is 5.97 Å². The predicted molar refractivity (Wildman–Crippen MR) is 61.5 cm³/mol. The molecule has 0 saturated carbocycles. The van der Waals surface area contributed by atoms with Gasteiger partial charge in [0, 0.05) is 18.0 Å². The molecule has 0 unspecified atom stereocenters. The van der Waals surface area contributed by atoms with Crippen molar-refractivity contribution in [1.82, 2.24) is 9.97 Å². The maximum absolute atomic E-state index is 10.9. The van der Waals surface area contributed by atoms with Crippen LogP contribution >= 0.6 is 27.3 Å². The standard InChI is InChI=1S/C9H7BrN2O2S/c1-2-5-11-3-4-6(10)7(9(13)14)15-8(4)12-5/h3H,2H2,1H3,(H,13,14). The summed E-state index contributed by atoms with van der Waals surface area (Å²) in [6.45, 7) is 1.96. The monoisotopic (exact) mass is 286 g/mol. The molecule has 6 heteroatoms. The highest BCUT2D eigenvalue weighted by Gasteiger charge is 2.16. The van der Waals surface area contributed by atoms with Crippen LogP contribution in [0.4, 0.5) is 0 Å². The third kappa shape index (κ3) is 1.74. The highest BCUT2D eigenvalue weighted by Crippen LogP contribution is 2.33. The van der Waals surface area contributed by atoms with Gasteiger partial charge >= 0.3 is 5.97 Å². The van der Waals surface area contributed by atoms with E-state index in [4.69, 9.17) is 5.11 Å². The van der Waals surface area contributed by atoms with E-state index in [-0.39, 0.29) is 4.88 Å². The Morgan fingerprint density at radius 2 is 2.40 bits per heavy atom.